The van der Waals surface area contributed by atoms with E-state index in [1.54, 1.807) is 0 Å². The number of piperidine rings is 1. The second-order valence-corrected chi connectivity index (χ2v) is 7.26. The molecule has 156 valence electrons. The average Bonchev–Trinajstić information content (AvgIpc) is 3.09. The van der Waals surface area contributed by atoms with Crippen LogP contribution in [0.15, 0.2) is 0 Å². The van der Waals surface area contributed by atoms with Crippen molar-refractivity contribution in [2.24, 2.45) is 0 Å². The Bertz CT molecular complexity index is 384. The monoisotopic (exact) mass is 432 g/mol. The third-order valence-corrected chi connectivity index (χ3v) is 5.58. The second-order valence-electron chi connectivity index (χ2n) is 7.26. The molecule has 0 radical (unpaired) electrons. The van der Waals surface area contributed by atoms with Crippen molar-refractivity contribution >= 4 is 43.1 Å². The van der Waals surface area contributed by atoms with Crippen LogP contribution in [0.4, 0.5) is 0 Å². The van der Waals surface area contributed by atoms with Gasteiger partial charge in [0.1, 0.15) is 6.61 Å². The molecule has 0 saturated carbocycles. The molecule has 0 spiro atoms. The molecule has 3 heterocycles. The van der Waals surface area contributed by atoms with Gasteiger partial charge in [0.15, 0.2) is 0 Å². The summed E-state index contributed by atoms with van der Waals surface area (Å²) in [4.78, 5) is 19.2. The van der Waals surface area contributed by atoms with Gasteiger partial charge in [0.25, 0.3) is 0 Å². The molecule has 9 heteroatoms. The zero-order valence-electron chi connectivity index (χ0n) is 15.7. The molecule has 0 aromatic carbocycles. The van der Waals surface area contributed by atoms with Crippen LogP contribution in [0.5, 0.6) is 0 Å². The van der Waals surface area contributed by atoms with E-state index in [2.05, 4.69) is 22.2 Å². The minimum Gasteiger partial charge on any atom is -0.370 e. The highest BCUT2D eigenvalue weighted by atomic mass is 35.5. The summed E-state index contributed by atoms with van der Waals surface area (Å²) < 4.78 is 5.61. The molecule has 1 atom stereocenters. The maximum Gasteiger partial charge on any atom is 0.248 e. The van der Waals surface area contributed by atoms with Crippen molar-refractivity contribution in [3.05, 3.63) is 0 Å². The number of halogens is 3. The molecule has 0 bridgehead atoms. The molecule has 0 aliphatic carbocycles. The Hall–Kier alpha value is 0.180. The van der Waals surface area contributed by atoms with E-state index in [1.165, 1.54) is 38.8 Å². The third kappa shape index (κ3) is 7.66. The van der Waals surface area contributed by atoms with Crippen molar-refractivity contribution in [3.8, 4) is 0 Å². The molecule has 6 nitrogen and oxygen atoms in total. The van der Waals surface area contributed by atoms with Crippen LogP contribution in [0, 0.1) is 0 Å². The van der Waals surface area contributed by atoms with E-state index in [1.807, 2.05) is 4.90 Å². The first-order valence-corrected chi connectivity index (χ1v) is 9.24. The van der Waals surface area contributed by atoms with Gasteiger partial charge in [0, 0.05) is 38.3 Å². The highest BCUT2D eigenvalue weighted by Gasteiger charge is 2.28. The van der Waals surface area contributed by atoms with Gasteiger partial charge in [-0.2, -0.15) is 0 Å². The van der Waals surface area contributed by atoms with Gasteiger partial charge >= 0.3 is 0 Å². The first kappa shape index (κ1) is 26.2. The van der Waals surface area contributed by atoms with Crippen LogP contribution in [0.25, 0.3) is 0 Å². The van der Waals surface area contributed by atoms with Crippen LogP contribution in [-0.2, 0) is 9.53 Å². The highest BCUT2D eigenvalue weighted by molar-refractivity contribution is 5.86. The fourth-order valence-electron chi connectivity index (χ4n) is 3.98. The number of likely N-dealkylation sites (tertiary alicyclic amines) is 1. The molecule has 3 saturated heterocycles. The zero-order chi connectivity index (χ0) is 16.1. The number of amides is 1. The number of hydrogen-bond donors (Lipinski definition) is 1. The molecule has 0 aromatic rings. The summed E-state index contributed by atoms with van der Waals surface area (Å²) >= 11 is 0. The number of carbonyl (C=O) groups is 1. The number of carbonyl (C=O) groups excluding carboxylic acids is 1. The fraction of sp³-hybridized carbons (Fsp3) is 0.941. The van der Waals surface area contributed by atoms with E-state index in [0.29, 0.717) is 18.7 Å². The molecule has 1 amide bonds. The Morgan fingerprint density at radius 1 is 1.00 bits per heavy atom. The zero-order valence-corrected chi connectivity index (χ0v) is 18.2. The van der Waals surface area contributed by atoms with E-state index in [9.17, 15) is 4.79 Å². The lowest BCUT2D eigenvalue weighted by Crippen LogP contribution is -2.54. The van der Waals surface area contributed by atoms with Gasteiger partial charge in [-0.15, -0.1) is 37.2 Å². The van der Waals surface area contributed by atoms with Crippen molar-refractivity contribution in [3.63, 3.8) is 0 Å². The van der Waals surface area contributed by atoms with Gasteiger partial charge < -0.3 is 19.9 Å². The van der Waals surface area contributed by atoms with Crippen LogP contribution in [0.3, 0.4) is 0 Å². The second kappa shape index (κ2) is 13.4. The lowest BCUT2D eigenvalue weighted by molar-refractivity contribution is -0.138. The maximum atomic E-state index is 12.3. The smallest absolute Gasteiger partial charge is 0.248 e. The van der Waals surface area contributed by atoms with Crippen molar-refractivity contribution < 1.29 is 9.53 Å². The van der Waals surface area contributed by atoms with Crippen LogP contribution in [-0.4, -0.2) is 98.8 Å². The van der Waals surface area contributed by atoms with Crippen molar-refractivity contribution in [2.75, 3.05) is 66.1 Å². The average molecular weight is 434 g/mol. The number of hydrogen-bond acceptors (Lipinski definition) is 5. The standard InChI is InChI=1S/C17H32N4O2.3ClH/c1-19-7-4-16(5-8-19)20-9-11-21(12-10-20)17(22)14-23-13-15-3-2-6-18-15;;;/h15-16,18H,2-14H2,1H3;3*1H. The first-order chi connectivity index (χ1) is 11.2. The van der Waals surface area contributed by atoms with E-state index >= 15 is 0 Å². The van der Waals surface area contributed by atoms with Crippen LogP contribution < -0.4 is 5.32 Å². The summed E-state index contributed by atoms with van der Waals surface area (Å²) in [6.45, 7) is 8.15. The van der Waals surface area contributed by atoms with Gasteiger partial charge in [0.05, 0.1) is 6.61 Å². The van der Waals surface area contributed by atoms with Gasteiger partial charge in [-0.1, -0.05) is 0 Å². The van der Waals surface area contributed by atoms with E-state index in [-0.39, 0.29) is 49.7 Å². The topological polar surface area (TPSA) is 48.0 Å². The van der Waals surface area contributed by atoms with E-state index in [0.717, 1.165) is 32.7 Å². The lowest BCUT2D eigenvalue weighted by Gasteiger charge is -2.42. The molecule has 26 heavy (non-hydrogen) atoms. The van der Waals surface area contributed by atoms with Gasteiger partial charge in [-0.05, 0) is 52.4 Å². The summed E-state index contributed by atoms with van der Waals surface area (Å²) in [7, 11) is 2.20. The highest BCUT2D eigenvalue weighted by Crippen LogP contribution is 2.17. The molecular formula is C17H35Cl3N4O2. The van der Waals surface area contributed by atoms with Gasteiger partial charge in [0.2, 0.25) is 5.91 Å². The van der Waals surface area contributed by atoms with Crippen molar-refractivity contribution in [1.82, 2.24) is 20.0 Å². The van der Waals surface area contributed by atoms with Crippen molar-refractivity contribution in [2.45, 2.75) is 37.8 Å². The Balaban J connectivity index is 0.00000208. The molecular weight excluding hydrogens is 399 g/mol. The fourth-order valence-corrected chi connectivity index (χ4v) is 3.98. The molecule has 1 N–H and O–H groups in total. The number of nitrogens with one attached hydrogen (secondary N) is 1. The minimum atomic E-state index is 0. The number of rotatable bonds is 5. The molecule has 3 rings (SSSR count). The van der Waals surface area contributed by atoms with Gasteiger partial charge in [-0.25, -0.2) is 0 Å². The molecule has 3 fully saturated rings. The molecule has 3 aliphatic rings. The number of piperazine rings is 1. The van der Waals surface area contributed by atoms with Gasteiger partial charge in [-0.3, -0.25) is 9.69 Å². The molecule has 0 aromatic heterocycles. The largest absolute Gasteiger partial charge is 0.370 e. The first-order valence-electron chi connectivity index (χ1n) is 9.24. The van der Waals surface area contributed by atoms with E-state index < -0.39 is 0 Å². The summed E-state index contributed by atoms with van der Waals surface area (Å²) in [6, 6.07) is 1.16. The molecule has 3 aliphatic heterocycles. The predicted octanol–water partition coefficient (Wildman–Crippen LogP) is 1.26. The normalized spacial score (nSPS) is 25.1. The Kier molecular flexibility index (Phi) is 13.5. The molecule has 1 unspecified atom stereocenters. The Labute approximate surface area is 176 Å². The van der Waals surface area contributed by atoms with Crippen LogP contribution in [0.2, 0.25) is 0 Å². The summed E-state index contributed by atoms with van der Waals surface area (Å²) in [5.41, 5.74) is 0. The lowest BCUT2D eigenvalue weighted by atomic mass is 10.0. The number of nitrogens with zero attached hydrogens (tertiary/aromatic N) is 3. The SMILES string of the molecule is CN1CCC(N2CCN(C(=O)COCC3CCCN3)CC2)CC1.Cl.Cl.Cl. The van der Waals surface area contributed by atoms with E-state index in [4.69, 9.17) is 4.74 Å². The van der Waals surface area contributed by atoms with Crippen molar-refractivity contribution in [1.29, 1.82) is 0 Å². The summed E-state index contributed by atoms with van der Waals surface area (Å²) in [6.07, 6.45) is 4.92. The number of ether oxygens (including phenoxy) is 1. The summed E-state index contributed by atoms with van der Waals surface area (Å²) in [5.74, 6) is 0.158. The summed E-state index contributed by atoms with van der Waals surface area (Å²) in [5, 5.41) is 3.40. The quantitative estimate of drug-likeness (QED) is 0.707. The van der Waals surface area contributed by atoms with Crippen LogP contribution in [0.1, 0.15) is 25.7 Å². The Morgan fingerprint density at radius 2 is 1.65 bits per heavy atom. The maximum absolute atomic E-state index is 12.3. The Morgan fingerprint density at radius 3 is 2.23 bits per heavy atom. The third-order valence-electron chi connectivity index (χ3n) is 5.58. The van der Waals surface area contributed by atoms with Crippen LogP contribution >= 0.6 is 37.2 Å². The minimum absolute atomic E-state index is 0. The predicted molar refractivity (Wildman–Crippen MR) is 112 cm³/mol.